The fourth-order valence-corrected chi connectivity index (χ4v) is 7.07. The molecule has 0 aromatic heterocycles. The third-order valence-corrected chi connectivity index (χ3v) is 9.25. The predicted octanol–water partition coefficient (Wildman–Crippen LogP) is 8.32. The van der Waals surface area contributed by atoms with E-state index in [-0.39, 0.29) is 35.0 Å². The maximum Gasteiger partial charge on any atom is 0.380 e. The van der Waals surface area contributed by atoms with E-state index < -0.39 is 41.8 Å². The Bertz CT molecular complexity index is 705. The van der Waals surface area contributed by atoms with E-state index in [9.17, 15) is 35.1 Å². The topological polar surface area (TPSA) is 9.23 Å². The second-order valence-corrected chi connectivity index (χ2v) is 11.7. The summed E-state index contributed by atoms with van der Waals surface area (Å²) in [6.07, 6.45) is -2.70. The Balaban J connectivity index is 2.43. The summed E-state index contributed by atoms with van der Waals surface area (Å²) in [5, 5.41) is 0. The van der Waals surface area contributed by atoms with Gasteiger partial charge in [0, 0.05) is 0 Å². The van der Waals surface area contributed by atoms with Crippen molar-refractivity contribution in [3.05, 3.63) is 0 Å². The molecule has 0 aromatic rings. The first kappa shape index (κ1) is 28.6. The van der Waals surface area contributed by atoms with Gasteiger partial charge in [-0.1, -0.05) is 61.3 Å². The molecule has 6 unspecified atom stereocenters. The van der Waals surface area contributed by atoms with Crippen LogP contribution in [0.2, 0.25) is 0 Å². The molecule has 33 heavy (non-hydrogen) atoms. The Labute approximate surface area is 192 Å². The van der Waals surface area contributed by atoms with Crippen LogP contribution in [0.25, 0.3) is 0 Å². The van der Waals surface area contributed by atoms with Crippen LogP contribution < -0.4 is 0 Å². The number of alkyl halides is 8. The van der Waals surface area contributed by atoms with E-state index >= 15 is 0 Å². The minimum absolute atomic E-state index is 0.0375. The lowest BCUT2D eigenvalue weighted by Gasteiger charge is -2.56. The van der Waals surface area contributed by atoms with Crippen molar-refractivity contribution in [3.63, 3.8) is 0 Å². The molecule has 0 N–H and O–H groups in total. The summed E-state index contributed by atoms with van der Waals surface area (Å²) >= 11 is 0. The van der Waals surface area contributed by atoms with E-state index in [2.05, 4.69) is 20.8 Å². The molecular weight excluding hydrogens is 456 g/mol. The molecule has 1 nitrogen and oxygen atoms in total. The van der Waals surface area contributed by atoms with Crippen LogP contribution in [-0.2, 0) is 4.74 Å². The van der Waals surface area contributed by atoms with Crippen molar-refractivity contribution in [2.24, 2.45) is 40.4 Å². The molecule has 2 aliphatic carbocycles. The number of halogens is 8. The largest absolute Gasteiger partial charge is 0.380 e. The van der Waals surface area contributed by atoms with Gasteiger partial charge in [0.15, 0.2) is 0 Å². The molecule has 2 rings (SSSR count). The highest BCUT2D eigenvalue weighted by atomic mass is 19.4. The Morgan fingerprint density at radius 3 is 1.82 bits per heavy atom. The maximum atomic E-state index is 14.4. The van der Waals surface area contributed by atoms with E-state index in [1.165, 1.54) is 0 Å². The van der Waals surface area contributed by atoms with Gasteiger partial charge in [0.25, 0.3) is 0 Å². The number of rotatable bonds is 10. The van der Waals surface area contributed by atoms with E-state index in [4.69, 9.17) is 4.74 Å². The summed E-state index contributed by atoms with van der Waals surface area (Å²) in [7, 11) is 0. The van der Waals surface area contributed by atoms with Crippen LogP contribution in [0.4, 0.5) is 35.1 Å². The van der Waals surface area contributed by atoms with Crippen molar-refractivity contribution in [2.75, 3.05) is 6.61 Å². The molecule has 0 aromatic carbocycles. The molecule has 2 aliphatic rings. The van der Waals surface area contributed by atoms with Crippen LogP contribution >= 0.6 is 0 Å². The normalized spacial score (nSPS) is 33.9. The van der Waals surface area contributed by atoms with Gasteiger partial charge in [-0.15, -0.1) is 0 Å². The number of ether oxygens (including phenoxy) is 1. The first-order valence-electron chi connectivity index (χ1n) is 11.7. The Morgan fingerprint density at radius 1 is 0.909 bits per heavy atom. The molecule has 0 saturated heterocycles. The summed E-state index contributed by atoms with van der Waals surface area (Å²) in [5.74, 6) is -18.1. The average Bonchev–Trinajstić information content (AvgIpc) is 3.18. The summed E-state index contributed by atoms with van der Waals surface area (Å²) in [4.78, 5) is 0. The van der Waals surface area contributed by atoms with E-state index in [1.807, 2.05) is 27.7 Å². The molecule has 2 bridgehead atoms. The molecule has 0 amide bonds. The van der Waals surface area contributed by atoms with Gasteiger partial charge in [-0.25, -0.2) is 8.78 Å². The monoisotopic (exact) mass is 494 g/mol. The SMILES string of the molecule is CCC(C)(C)C1C(C)C2CC1C(C(C)(C)CC)C2(C)OCC(F)(F)C(F)(F)C(F)(F)C(F)F. The van der Waals surface area contributed by atoms with Gasteiger partial charge >= 0.3 is 24.2 Å². The van der Waals surface area contributed by atoms with Crippen LogP contribution in [-0.4, -0.2) is 36.4 Å². The second kappa shape index (κ2) is 8.51. The second-order valence-electron chi connectivity index (χ2n) is 11.7. The lowest BCUT2D eigenvalue weighted by atomic mass is 9.53. The van der Waals surface area contributed by atoms with E-state index in [0.29, 0.717) is 12.8 Å². The summed E-state index contributed by atoms with van der Waals surface area (Å²) in [5.41, 5.74) is -1.72. The fraction of sp³-hybridized carbons (Fsp3) is 1.00. The van der Waals surface area contributed by atoms with Gasteiger partial charge in [0.1, 0.15) is 6.61 Å². The lowest BCUT2D eigenvalue weighted by Crippen LogP contribution is -2.61. The molecular formula is C24H38F8O. The molecule has 196 valence electrons. The van der Waals surface area contributed by atoms with Crippen LogP contribution in [0.5, 0.6) is 0 Å². The zero-order valence-electron chi connectivity index (χ0n) is 20.7. The summed E-state index contributed by atoms with van der Waals surface area (Å²) in [6, 6.07) is 0. The van der Waals surface area contributed by atoms with Crippen LogP contribution in [0, 0.1) is 40.4 Å². The van der Waals surface area contributed by atoms with Crippen molar-refractivity contribution < 1.29 is 39.9 Å². The van der Waals surface area contributed by atoms with Crippen molar-refractivity contribution in [2.45, 2.75) is 104 Å². The average molecular weight is 495 g/mol. The van der Waals surface area contributed by atoms with Gasteiger partial charge in [-0.3, -0.25) is 0 Å². The van der Waals surface area contributed by atoms with Gasteiger partial charge < -0.3 is 4.74 Å². The van der Waals surface area contributed by atoms with Crippen molar-refractivity contribution in [3.8, 4) is 0 Å². The lowest BCUT2D eigenvalue weighted by molar-refractivity contribution is -0.353. The molecule has 0 heterocycles. The first-order valence-corrected chi connectivity index (χ1v) is 11.7. The standard InChI is InChI=1S/C24H38F8O/c1-9-19(4,5)16-13(3)15-11-14(16)17(20(6,7)10-2)21(15,8)33-12-22(27,28)24(31,32)23(29,30)18(25)26/h13-18H,9-12H2,1-8H3. The van der Waals surface area contributed by atoms with Crippen LogP contribution in [0.15, 0.2) is 0 Å². The quantitative estimate of drug-likeness (QED) is 0.278. The Hall–Kier alpha value is -0.600. The number of hydrogen-bond donors (Lipinski definition) is 0. The van der Waals surface area contributed by atoms with Gasteiger partial charge in [0.2, 0.25) is 0 Å². The zero-order valence-corrected chi connectivity index (χ0v) is 20.7. The van der Waals surface area contributed by atoms with Crippen LogP contribution in [0.3, 0.4) is 0 Å². The predicted molar refractivity (Wildman–Crippen MR) is 111 cm³/mol. The molecule has 9 heteroatoms. The Morgan fingerprint density at radius 2 is 1.39 bits per heavy atom. The van der Waals surface area contributed by atoms with E-state index in [0.717, 1.165) is 6.42 Å². The summed E-state index contributed by atoms with van der Waals surface area (Å²) < 4.78 is 114. The third kappa shape index (κ3) is 4.20. The van der Waals surface area contributed by atoms with Crippen molar-refractivity contribution in [1.29, 1.82) is 0 Å². The maximum absolute atomic E-state index is 14.4. The molecule has 2 fully saturated rings. The highest BCUT2D eigenvalue weighted by Crippen LogP contribution is 2.69. The highest BCUT2D eigenvalue weighted by Gasteiger charge is 2.76. The number of fused-ring (bicyclic) bond motifs is 2. The van der Waals surface area contributed by atoms with Crippen LogP contribution in [0.1, 0.15) is 74.7 Å². The molecule has 6 atom stereocenters. The fourth-order valence-electron chi connectivity index (χ4n) is 7.07. The number of hydrogen-bond acceptors (Lipinski definition) is 1. The highest BCUT2D eigenvalue weighted by molar-refractivity contribution is 5.16. The minimum Gasteiger partial charge on any atom is -0.368 e. The smallest absolute Gasteiger partial charge is 0.368 e. The minimum atomic E-state index is -6.25. The zero-order chi connectivity index (χ0) is 26.0. The van der Waals surface area contributed by atoms with Gasteiger partial charge in [-0.2, -0.15) is 26.3 Å². The Kier molecular flexibility index (Phi) is 7.38. The van der Waals surface area contributed by atoms with Crippen molar-refractivity contribution in [1.82, 2.24) is 0 Å². The molecule has 0 aliphatic heterocycles. The van der Waals surface area contributed by atoms with Gasteiger partial charge in [0.05, 0.1) is 5.60 Å². The van der Waals surface area contributed by atoms with Gasteiger partial charge in [-0.05, 0) is 53.8 Å². The van der Waals surface area contributed by atoms with Crippen molar-refractivity contribution >= 4 is 0 Å². The molecule has 0 radical (unpaired) electrons. The molecule has 0 spiro atoms. The summed E-state index contributed by atoms with van der Waals surface area (Å²) in [6.45, 7) is 13.8. The third-order valence-electron chi connectivity index (χ3n) is 9.25. The first-order chi connectivity index (χ1) is 14.7. The molecule has 2 saturated carbocycles. The van der Waals surface area contributed by atoms with E-state index in [1.54, 1.807) is 6.92 Å².